The molecule has 0 bridgehead atoms. The maximum atomic E-state index is 13.3. The number of unbranched alkanes of at least 4 members (excludes halogenated alkanes) is 1. The summed E-state index contributed by atoms with van der Waals surface area (Å²) in [7, 11) is 0. The van der Waals surface area contributed by atoms with Gasteiger partial charge in [0.1, 0.15) is 29.9 Å². The van der Waals surface area contributed by atoms with Crippen molar-refractivity contribution < 1.29 is 43.0 Å². The normalized spacial score (nSPS) is 12.6. The zero-order valence-corrected chi connectivity index (χ0v) is 28.9. The van der Waals surface area contributed by atoms with Crippen LogP contribution in [0.2, 0.25) is 0 Å². The minimum atomic E-state index is -0.993. The van der Waals surface area contributed by atoms with E-state index in [-0.39, 0.29) is 38.2 Å². The fourth-order valence-corrected chi connectivity index (χ4v) is 3.99. The van der Waals surface area contributed by atoms with Crippen LogP contribution in [0.4, 0.5) is 9.59 Å². The molecule has 0 unspecified atom stereocenters. The van der Waals surface area contributed by atoms with E-state index in [1.54, 1.807) is 55.4 Å². The third kappa shape index (κ3) is 19.7. The first-order chi connectivity index (χ1) is 21.9. The molecular formula is C33H53N5O9. The third-order valence-electron chi connectivity index (χ3n) is 6.19. The summed E-state index contributed by atoms with van der Waals surface area (Å²) in [6, 6.07) is 7.17. The number of carbonyl (C=O) groups is 6. The van der Waals surface area contributed by atoms with Crippen molar-refractivity contribution in [2.75, 3.05) is 6.54 Å². The van der Waals surface area contributed by atoms with E-state index in [9.17, 15) is 28.8 Å². The molecule has 0 aliphatic heterocycles. The topological polar surface area (TPSA) is 190 Å². The van der Waals surface area contributed by atoms with Gasteiger partial charge in [-0.15, -0.1) is 0 Å². The van der Waals surface area contributed by atoms with E-state index in [2.05, 4.69) is 26.8 Å². The van der Waals surface area contributed by atoms with E-state index >= 15 is 0 Å². The van der Waals surface area contributed by atoms with Crippen molar-refractivity contribution in [1.82, 2.24) is 26.8 Å². The smallest absolute Gasteiger partial charge is 0.426 e. The molecule has 14 nitrogen and oxygen atoms in total. The molecule has 1 rings (SSSR count). The standard InChI is InChI=1S/C33H53N5O9/c1-22(2)27(36-25(39)18-14-19-26(40)37-38-31(44)47-33(6,7)8)28(41)35-24(29(42)45-21-23-15-10-9-11-16-23)17-12-13-20-34-30(43)46-32(3,4)5/h9-11,15-16,22,24,27H,12-14,17-21H2,1-8H3,(H,34,43)(H,35,41)(H,36,39)(H,37,40)(H,38,44)/t24-,27-/m0/s1. The number of carbonyl (C=O) groups excluding carboxylic acids is 6. The highest BCUT2D eigenvalue weighted by atomic mass is 16.6. The van der Waals surface area contributed by atoms with Gasteiger partial charge >= 0.3 is 18.2 Å². The van der Waals surface area contributed by atoms with Gasteiger partial charge in [0.05, 0.1) is 0 Å². The molecule has 1 aromatic rings. The average Bonchev–Trinajstić information content (AvgIpc) is 2.95. The van der Waals surface area contributed by atoms with E-state index < -0.39 is 59.2 Å². The van der Waals surface area contributed by atoms with Crippen LogP contribution >= 0.6 is 0 Å². The maximum Gasteiger partial charge on any atom is 0.426 e. The first-order valence-electron chi connectivity index (χ1n) is 15.9. The van der Waals surface area contributed by atoms with Crippen molar-refractivity contribution in [2.24, 2.45) is 5.92 Å². The van der Waals surface area contributed by atoms with Gasteiger partial charge in [-0.1, -0.05) is 44.2 Å². The van der Waals surface area contributed by atoms with Crippen LogP contribution < -0.4 is 26.8 Å². The Morgan fingerprint density at radius 2 is 1.32 bits per heavy atom. The monoisotopic (exact) mass is 663 g/mol. The summed E-state index contributed by atoms with van der Waals surface area (Å²) in [4.78, 5) is 74.7. The van der Waals surface area contributed by atoms with Crippen LogP contribution in [0.25, 0.3) is 0 Å². The van der Waals surface area contributed by atoms with Gasteiger partial charge in [0.15, 0.2) is 0 Å². The van der Waals surface area contributed by atoms with Crippen LogP contribution in [-0.2, 0) is 40.0 Å². The summed E-state index contributed by atoms with van der Waals surface area (Å²) in [6.07, 6.45) is -0.0732. The number of nitrogens with one attached hydrogen (secondary N) is 5. The molecule has 5 amide bonds. The van der Waals surface area contributed by atoms with Crippen molar-refractivity contribution in [3.8, 4) is 0 Å². The number of ether oxygens (including phenoxy) is 3. The summed E-state index contributed by atoms with van der Waals surface area (Å²) < 4.78 is 15.8. The fourth-order valence-electron chi connectivity index (χ4n) is 3.99. The first kappa shape index (κ1) is 40.7. The van der Waals surface area contributed by atoms with Crippen LogP contribution in [0.15, 0.2) is 30.3 Å². The lowest BCUT2D eigenvalue weighted by Gasteiger charge is -2.25. The second kappa shape index (κ2) is 20.0. The lowest BCUT2D eigenvalue weighted by atomic mass is 10.0. The molecule has 14 heteroatoms. The SMILES string of the molecule is CC(C)[C@H](NC(=O)CCCC(=O)NNC(=O)OC(C)(C)C)C(=O)N[C@@H](CCCCNC(=O)OC(C)(C)C)C(=O)OCc1ccccc1. The number of alkyl carbamates (subject to hydrolysis) is 1. The number of benzene rings is 1. The predicted molar refractivity (Wildman–Crippen MR) is 174 cm³/mol. The molecule has 2 atom stereocenters. The van der Waals surface area contributed by atoms with Crippen molar-refractivity contribution in [1.29, 1.82) is 0 Å². The Morgan fingerprint density at radius 1 is 0.723 bits per heavy atom. The molecule has 47 heavy (non-hydrogen) atoms. The third-order valence-corrected chi connectivity index (χ3v) is 6.19. The molecule has 0 heterocycles. The van der Waals surface area contributed by atoms with Crippen molar-refractivity contribution in [3.05, 3.63) is 35.9 Å². The fraction of sp³-hybridized carbons (Fsp3) is 0.636. The molecule has 0 aromatic heterocycles. The van der Waals surface area contributed by atoms with E-state index in [4.69, 9.17) is 14.2 Å². The number of hydrogen-bond donors (Lipinski definition) is 5. The Bertz CT molecular complexity index is 1180. The minimum Gasteiger partial charge on any atom is -0.459 e. The zero-order chi connectivity index (χ0) is 35.6. The molecule has 0 aliphatic rings. The largest absolute Gasteiger partial charge is 0.459 e. The Kier molecular flexibility index (Phi) is 17.3. The quantitative estimate of drug-likeness (QED) is 0.0758. The lowest BCUT2D eigenvalue weighted by molar-refractivity contribution is -0.149. The molecular weight excluding hydrogens is 610 g/mol. The highest BCUT2D eigenvalue weighted by molar-refractivity contribution is 5.91. The van der Waals surface area contributed by atoms with Crippen LogP contribution in [0, 0.1) is 5.92 Å². The van der Waals surface area contributed by atoms with Gasteiger partial charge < -0.3 is 30.2 Å². The van der Waals surface area contributed by atoms with Gasteiger partial charge in [-0.3, -0.25) is 19.8 Å². The first-order valence-corrected chi connectivity index (χ1v) is 15.9. The second-order valence-corrected chi connectivity index (χ2v) is 13.4. The summed E-state index contributed by atoms with van der Waals surface area (Å²) in [5.74, 6) is -2.47. The van der Waals surface area contributed by atoms with Crippen molar-refractivity contribution in [3.63, 3.8) is 0 Å². The molecule has 264 valence electrons. The Labute approximate surface area is 277 Å². The van der Waals surface area contributed by atoms with Gasteiger partial charge in [0.25, 0.3) is 0 Å². The number of hydrazine groups is 1. The van der Waals surface area contributed by atoms with Crippen LogP contribution in [-0.4, -0.2) is 65.7 Å². The molecule has 0 radical (unpaired) electrons. The lowest BCUT2D eigenvalue weighted by Crippen LogP contribution is -2.54. The van der Waals surface area contributed by atoms with E-state index in [1.165, 1.54) is 0 Å². The molecule has 5 N–H and O–H groups in total. The van der Waals surface area contributed by atoms with Gasteiger partial charge in [0, 0.05) is 19.4 Å². The Balaban J connectivity index is 2.71. The van der Waals surface area contributed by atoms with Crippen molar-refractivity contribution >= 4 is 35.9 Å². The molecule has 0 spiro atoms. The van der Waals surface area contributed by atoms with Crippen LogP contribution in [0.1, 0.15) is 99.5 Å². The predicted octanol–water partition coefficient (Wildman–Crippen LogP) is 3.78. The Hall–Kier alpha value is -4.36. The van der Waals surface area contributed by atoms with Gasteiger partial charge in [-0.2, -0.15) is 0 Å². The summed E-state index contributed by atoms with van der Waals surface area (Å²) in [6.45, 7) is 14.2. The molecule has 0 fully saturated rings. The summed E-state index contributed by atoms with van der Waals surface area (Å²) >= 11 is 0. The number of esters is 1. The summed E-state index contributed by atoms with van der Waals surface area (Å²) in [5.41, 5.74) is 3.79. The minimum absolute atomic E-state index is 0.0253. The molecule has 0 saturated heterocycles. The van der Waals surface area contributed by atoms with Gasteiger partial charge in [-0.25, -0.2) is 19.8 Å². The zero-order valence-electron chi connectivity index (χ0n) is 28.9. The number of hydrogen-bond acceptors (Lipinski definition) is 9. The van der Waals surface area contributed by atoms with E-state index in [1.807, 2.05) is 30.3 Å². The highest BCUT2D eigenvalue weighted by Gasteiger charge is 2.29. The molecule has 1 aromatic carbocycles. The number of amides is 5. The van der Waals surface area contributed by atoms with Gasteiger partial charge in [0.2, 0.25) is 17.7 Å². The number of rotatable bonds is 16. The van der Waals surface area contributed by atoms with E-state index in [0.717, 1.165) is 5.56 Å². The molecule has 0 aliphatic carbocycles. The average molecular weight is 664 g/mol. The van der Waals surface area contributed by atoms with E-state index in [0.29, 0.717) is 19.4 Å². The second-order valence-electron chi connectivity index (χ2n) is 13.4. The highest BCUT2D eigenvalue weighted by Crippen LogP contribution is 2.11. The van der Waals surface area contributed by atoms with Gasteiger partial charge in [-0.05, 0) is 78.7 Å². The van der Waals surface area contributed by atoms with Crippen LogP contribution in [0.3, 0.4) is 0 Å². The van der Waals surface area contributed by atoms with Crippen molar-refractivity contribution in [2.45, 2.75) is 124 Å². The Morgan fingerprint density at radius 3 is 1.91 bits per heavy atom. The maximum absolute atomic E-state index is 13.3. The summed E-state index contributed by atoms with van der Waals surface area (Å²) in [5, 5.41) is 8.09. The van der Waals surface area contributed by atoms with Crippen LogP contribution in [0.5, 0.6) is 0 Å². The molecule has 0 saturated carbocycles.